The first-order valence-electron chi connectivity index (χ1n) is 6.30. The van der Waals surface area contributed by atoms with Crippen molar-refractivity contribution in [2.45, 2.75) is 32.0 Å². The van der Waals surface area contributed by atoms with E-state index in [9.17, 15) is 10.2 Å². The largest absolute Gasteiger partial charge is 0.393 e. The first-order valence-corrected chi connectivity index (χ1v) is 6.30. The van der Waals surface area contributed by atoms with Gasteiger partial charge in [0, 0.05) is 19.6 Å². The van der Waals surface area contributed by atoms with Gasteiger partial charge in [0.2, 0.25) is 0 Å². The van der Waals surface area contributed by atoms with Gasteiger partial charge in [0.25, 0.3) is 0 Å². The minimum Gasteiger partial charge on any atom is -0.393 e. The Morgan fingerprint density at radius 2 is 2.06 bits per heavy atom. The van der Waals surface area contributed by atoms with Crippen LogP contribution in [0.15, 0.2) is 24.3 Å². The van der Waals surface area contributed by atoms with E-state index in [4.69, 9.17) is 0 Å². The molecule has 0 aliphatic carbocycles. The number of aryl methyl sites for hydroxylation is 1. The van der Waals surface area contributed by atoms with E-state index < -0.39 is 6.10 Å². The monoisotopic (exact) mass is 235 g/mol. The molecule has 2 N–H and O–H groups in total. The lowest BCUT2D eigenvalue weighted by Crippen LogP contribution is -2.38. The second-order valence-electron chi connectivity index (χ2n) is 4.96. The quantitative estimate of drug-likeness (QED) is 0.834. The standard InChI is InChI=1S/C14H21NO2/c1-11-3-2-4-12(9-11)14(17)10-15-7-5-13(16)6-8-15/h2-4,9,13-14,16-17H,5-8,10H2,1H3. The van der Waals surface area contributed by atoms with E-state index in [-0.39, 0.29) is 6.10 Å². The fourth-order valence-electron chi connectivity index (χ4n) is 2.33. The van der Waals surface area contributed by atoms with E-state index in [0.29, 0.717) is 6.54 Å². The Morgan fingerprint density at radius 1 is 1.35 bits per heavy atom. The third kappa shape index (κ3) is 3.53. The lowest BCUT2D eigenvalue weighted by atomic mass is 10.0. The fraction of sp³-hybridized carbons (Fsp3) is 0.571. The molecule has 1 saturated heterocycles. The molecule has 0 spiro atoms. The average Bonchev–Trinajstić information content (AvgIpc) is 2.32. The van der Waals surface area contributed by atoms with Gasteiger partial charge < -0.3 is 15.1 Å². The molecular weight excluding hydrogens is 214 g/mol. The van der Waals surface area contributed by atoms with Crippen molar-refractivity contribution < 1.29 is 10.2 Å². The van der Waals surface area contributed by atoms with Crippen molar-refractivity contribution in [2.75, 3.05) is 19.6 Å². The molecule has 2 rings (SSSR count). The van der Waals surface area contributed by atoms with Gasteiger partial charge in [0.05, 0.1) is 12.2 Å². The number of hydrogen-bond donors (Lipinski definition) is 2. The maximum Gasteiger partial charge on any atom is 0.0917 e. The fourth-order valence-corrected chi connectivity index (χ4v) is 2.33. The number of β-amino-alcohol motifs (C(OH)–C–C–N with tert-alkyl or cyclic N) is 1. The van der Waals surface area contributed by atoms with E-state index in [2.05, 4.69) is 4.90 Å². The van der Waals surface area contributed by atoms with Gasteiger partial charge in [0.1, 0.15) is 0 Å². The second kappa shape index (κ2) is 5.63. The molecule has 17 heavy (non-hydrogen) atoms. The number of aliphatic hydroxyl groups excluding tert-OH is 2. The van der Waals surface area contributed by atoms with E-state index in [1.165, 1.54) is 5.56 Å². The number of rotatable bonds is 3. The van der Waals surface area contributed by atoms with Gasteiger partial charge in [-0.15, -0.1) is 0 Å². The first-order chi connectivity index (χ1) is 8.15. The van der Waals surface area contributed by atoms with Crippen LogP contribution in [0.25, 0.3) is 0 Å². The molecule has 3 heteroatoms. The number of piperidine rings is 1. The predicted octanol–water partition coefficient (Wildman–Crippen LogP) is 1.49. The maximum absolute atomic E-state index is 10.2. The molecule has 0 amide bonds. The molecule has 0 aromatic heterocycles. The summed E-state index contributed by atoms with van der Waals surface area (Å²) in [7, 11) is 0. The summed E-state index contributed by atoms with van der Waals surface area (Å²) in [6, 6.07) is 8.02. The molecule has 1 heterocycles. The van der Waals surface area contributed by atoms with Gasteiger partial charge in [-0.3, -0.25) is 0 Å². The summed E-state index contributed by atoms with van der Waals surface area (Å²) < 4.78 is 0. The van der Waals surface area contributed by atoms with Gasteiger partial charge in [-0.05, 0) is 25.3 Å². The van der Waals surface area contributed by atoms with Crippen molar-refractivity contribution in [3.8, 4) is 0 Å². The van der Waals surface area contributed by atoms with Gasteiger partial charge in [-0.25, -0.2) is 0 Å². The zero-order chi connectivity index (χ0) is 12.3. The summed E-state index contributed by atoms with van der Waals surface area (Å²) >= 11 is 0. The molecule has 94 valence electrons. The molecule has 0 radical (unpaired) electrons. The third-order valence-corrected chi connectivity index (χ3v) is 3.42. The lowest BCUT2D eigenvalue weighted by molar-refractivity contribution is 0.0508. The van der Waals surface area contributed by atoms with Crippen LogP contribution in [0.3, 0.4) is 0 Å². The molecule has 1 aliphatic rings. The predicted molar refractivity (Wildman–Crippen MR) is 67.8 cm³/mol. The topological polar surface area (TPSA) is 43.7 Å². The number of likely N-dealkylation sites (tertiary alicyclic amines) is 1. The van der Waals surface area contributed by atoms with E-state index >= 15 is 0 Å². The average molecular weight is 235 g/mol. The van der Waals surface area contributed by atoms with E-state index in [0.717, 1.165) is 31.5 Å². The van der Waals surface area contributed by atoms with Crippen LogP contribution in [0.4, 0.5) is 0 Å². The highest BCUT2D eigenvalue weighted by atomic mass is 16.3. The molecule has 1 fully saturated rings. The van der Waals surface area contributed by atoms with Crippen LogP contribution in [-0.2, 0) is 0 Å². The van der Waals surface area contributed by atoms with Gasteiger partial charge in [0.15, 0.2) is 0 Å². The zero-order valence-electron chi connectivity index (χ0n) is 10.3. The molecular formula is C14H21NO2. The van der Waals surface area contributed by atoms with E-state index in [1.54, 1.807) is 0 Å². The van der Waals surface area contributed by atoms with Crippen molar-refractivity contribution in [1.82, 2.24) is 4.90 Å². The number of hydrogen-bond acceptors (Lipinski definition) is 3. The Bertz CT molecular complexity index is 359. The normalized spacial score (nSPS) is 20.4. The summed E-state index contributed by atoms with van der Waals surface area (Å²) in [5, 5.41) is 19.6. The van der Waals surface area contributed by atoms with Crippen LogP contribution in [0.2, 0.25) is 0 Å². The smallest absolute Gasteiger partial charge is 0.0917 e. The van der Waals surface area contributed by atoms with Crippen LogP contribution >= 0.6 is 0 Å². The van der Waals surface area contributed by atoms with Crippen molar-refractivity contribution in [2.24, 2.45) is 0 Å². The minimum atomic E-state index is -0.426. The highest BCUT2D eigenvalue weighted by molar-refractivity contribution is 5.24. The lowest BCUT2D eigenvalue weighted by Gasteiger charge is -2.31. The van der Waals surface area contributed by atoms with Crippen LogP contribution in [0.1, 0.15) is 30.1 Å². The third-order valence-electron chi connectivity index (χ3n) is 3.42. The van der Waals surface area contributed by atoms with Crippen molar-refractivity contribution >= 4 is 0 Å². The summed E-state index contributed by atoms with van der Waals surface area (Å²) in [5.74, 6) is 0. The summed E-state index contributed by atoms with van der Waals surface area (Å²) in [5.41, 5.74) is 2.16. The first kappa shape index (κ1) is 12.6. The van der Waals surface area contributed by atoms with Crippen molar-refractivity contribution in [3.63, 3.8) is 0 Å². The number of aliphatic hydroxyl groups is 2. The molecule has 3 nitrogen and oxygen atoms in total. The molecule has 1 aliphatic heterocycles. The van der Waals surface area contributed by atoms with Gasteiger partial charge >= 0.3 is 0 Å². The Labute approximate surface area is 103 Å². The number of nitrogens with zero attached hydrogens (tertiary/aromatic N) is 1. The Balaban J connectivity index is 1.90. The van der Waals surface area contributed by atoms with Crippen molar-refractivity contribution in [1.29, 1.82) is 0 Å². The number of benzene rings is 1. The second-order valence-corrected chi connectivity index (χ2v) is 4.96. The van der Waals surface area contributed by atoms with Crippen LogP contribution < -0.4 is 0 Å². The molecule has 1 aromatic rings. The van der Waals surface area contributed by atoms with Gasteiger partial charge in [-0.2, -0.15) is 0 Å². The molecule has 0 bridgehead atoms. The minimum absolute atomic E-state index is 0.151. The highest BCUT2D eigenvalue weighted by Gasteiger charge is 2.19. The Morgan fingerprint density at radius 3 is 2.71 bits per heavy atom. The molecule has 1 atom stereocenters. The summed E-state index contributed by atoms with van der Waals surface area (Å²) in [6.07, 6.45) is 1.06. The van der Waals surface area contributed by atoms with E-state index in [1.807, 2.05) is 31.2 Å². The molecule has 1 aromatic carbocycles. The summed E-state index contributed by atoms with van der Waals surface area (Å²) in [4.78, 5) is 2.22. The highest BCUT2D eigenvalue weighted by Crippen LogP contribution is 2.18. The Hall–Kier alpha value is -0.900. The van der Waals surface area contributed by atoms with Crippen LogP contribution in [0, 0.1) is 6.92 Å². The summed E-state index contributed by atoms with van der Waals surface area (Å²) in [6.45, 7) is 4.46. The van der Waals surface area contributed by atoms with Crippen LogP contribution in [0.5, 0.6) is 0 Å². The maximum atomic E-state index is 10.2. The van der Waals surface area contributed by atoms with Gasteiger partial charge in [-0.1, -0.05) is 29.8 Å². The SMILES string of the molecule is Cc1cccc(C(O)CN2CCC(O)CC2)c1. The zero-order valence-corrected chi connectivity index (χ0v) is 10.3. The Kier molecular flexibility index (Phi) is 4.15. The molecule has 1 unspecified atom stereocenters. The van der Waals surface area contributed by atoms with Crippen molar-refractivity contribution in [3.05, 3.63) is 35.4 Å². The molecule has 0 saturated carbocycles. The van der Waals surface area contributed by atoms with Crippen LogP contribution in [-0.4, -0.2) is 40.9 Å².